The van der Waals surface area contributed by atoms with Gasteiger partial charge in [-0.2, -0.15) is 0 Å². The molecule has 1 N–H and O–H groups in total. The van der Waals surface area contributed by atoms with Crippen LogP contribution in [0.3, 0.4) is 0 Å². The van der Waals surface area contributed by atoms with E-state index in [-0.39, 0.29) is 5.91 Å². The van der Waals surface area contributed by atoms with Crippen LogP contribution in [-0.4, -0.2) is 18.6 Å². The summed E-state index contributed by atoms with van der Waals surface area (Å²) in [6.07, 6.45) is -0.591. The first-order valence-corrected chi connectivity index (χ1v) is 7.85. The minimum atomic E-state index is -0.591. The molecular weight excluding hydrogens is 302 g/mol. The molecule has 0 aliphatic heterocycles. The summed E-state index contributed by atoms with van der Waals surface area (Å²) in [5.41, 5.74) is 2.80. The number of hydrogen-bond acceptors (Lipinski definition) is 3. The fourth-order valence-electron chi connectivity index (χ4n) is 1.96. The van der Waals surface area contributed by atoms with Gasteiger partial charge in [0, 0.05) is 5.69 Å². The monoisotopic (exact) mass is 325 g/mol. The first-order chi connectivity index (χ1) is 11.4. The van der Waals surface area contributed by atoms with Gasteiger partial charge in [0.2, 0.25) is 0 Å². The molecule has 0 fully saturated rings. The van der Waals surface area contributed by atoms with E-state index in [1.165, 1.54) is 0 Å². The Morgan fingerprint density at radius 1 is 1.08 bits per heavy atom. The van der Waals surface area contributed by atoms with Gasteiger partial charge in [-0.05, 0) is 62.7 Å². The van der Waals surface area contributed by atoms with E-state index in [0.717, 1.165) is 16.9 Å². The number of anilines is 1. The van der Waals surface area contributed by atoms with E-state index >= 15 is 0 Å². The number of hydrogen-bond donors (Lipinski definition) is 1. The molecule has 0 aromatic heterocycles. The summed E-state index contributed by atoms with van der Waals surface area (Å²) in [5, 5.41) is 2.83. The van der Waals surface area contributed by atoms with E-state index in [1.54, 1.807) is 19.1 Å². The molecule has 0 aliphatic carbocycles. The van der Waals surface area contributed by atoms with Gasteiger partial charge in [-0.3, -0.25) is 4.79 Å². The zero-order valence-corrected chi connectivity index (χ0v) is 14.3. The Labute approximate surface area is 143 Å². The van der Waals surface area contributed by atoms with Crippen LogP contribution in [0.25, 0.3) is 0 Å². The summed E-state index contributed by atoms with van der Waals surface area (Å²) < 4.78 is 11.2. The van der Waals surface area contributed by atoms with Gasteiger partial charge in [0.25, 0.3) is 5.91 Å². The number of amides is 1. The first kappa shape index (κ1) is 17.6. The molecule has 0 radical (unpaired) electrons. The molecule has 0 aliphatic rings. The molecule has 0 heterocycles. The van der Waals surface area contributed by atoms with E-state index in [0.29, 0.717) is 18.0 Å². The topological polar surface area (TPSA) is 47.6 Å². The normalized spacial score (nSPS) is 11.5. The van der Waals surface area contributed by atoms with Gasteiger partial charge in [0.1, 0.15) is 18.1 Å². The van der Waals surface area contributed by atoms with Gasteiger partial charge in [-0.25, -0.2) is 0 Å². The van der Waals surface area contributed by atoms with Crippen molar-refractivity contribution < 1.29 is 14.3 Å². The highest BCUT2D eigenvalue weighted by molar-refractivity contribution is 5.94. The van der Waals surface area contributed by atoms with Crippen LogP contribution in [0, 0.1) is 6.92 Å². The molecule has 2 aromatic rings. The predicted molar refractivity (Wildman–Crippen MR) is 96.6 cm³/mol. The Hall–Kier alpha value is -2.75. The molecule has 0 saturated heterocycles. The molecule has 1 atom stereocenters. The molecule has 0 spiro atoms. The van der Waals surface area contributed by atoms with E-state index in [9.17, 15) is 4.79 Å². The predicted octanol–water partition coefficient (Wildman–Crippen LogP) is 4.36. The van der Waals surface area contributed by atoms with E-state index in [4.69, 9.17) is 9.47 Å². The summed E-state index contributed by atoms with van der Waals surface area (Å²) in [7, 11) is 0. The average molecular weight is 325 g/mol. The Bertz CT molecular complexity index is 690. The second-order valence-corrected chi connectivity index (χ2v) is 5.83. The Morgan fingerprint density at radius 3 is 2.25 bits per heavy atom. The number of benzene rings is 2. The molecule has 24 heavy (non-hydrogen) atoms. The summed E-state index contributed by atoms with van der Waals surface area (Å²) in [6, 6.07) is 14.8. The van der Waals surface area contributed by atoms with Gasteiger partial charge in [0.15, 0.2) is 6.10 Å². The third-order valence-corrected chi connectivity index (χ3v) is 3.31. The summed E-state index contributed by atoms with van der Waals surface area (Å²) in [6.45, 7) is 9.90. The molecule has 4 nitrogen and oxygen atoms in total. The number of rotatable bonds is 7. The lowest BCUT2D eigenvalue weighted by Crippen LogP contribution is -2.30. The molecule has 0 saturated carbocycles. The highest BCUT2D eigenvalue weighted by atomic mass is 16.5. The van der Waals surface area contributed by atoms with Crippen molar-refractivity contribution in [2.24, 2.45) is 0 Å². The average Bonchev–Trinajstić information content (AvgIpc) is 2.56. The summed E-state index contributed by atoms with van der Waals surface area (Å²) in [5.74, 6) is 1.21. The van der Waals surface area contributed by atoms with Crippen molar-refractivity contribution in [1.29, 1.82) is 0 Å². The summed E-state index contributed by atoms with van der Waals surface area (Å²) in [4.78, 5) is 12.2. The lowest BCUT2D eigenvalue weighted by Gasteiger charge is -2.15. The minimum Gasteiger partial charge on any atom is -0.489 e. The zero-order chi connectivity index (χ0) is 17.5. The van der Waals surface area contributed by atoms with E-state index in [2.05, 4.69) is 11.9 Å². The van der Waals surface area contributed by atoms with Crippen molar-refractivity contribution in [1.82, 2.24) is 0 Å². The zero-order valence-electron chi connectivity index (χ0n) is 14.3. The molecule has 4 heteroatoms. The van der Waals surface area contributed by atoms with Crippen molar-refractivity contribution in [2.75, 3.05) is 11.9 Å². The van der Waals surface area contributed by atoms with Gasteiger partial charge in [0.05, 0.1) is 0 Å². The van der Waals surface area contributed by atoms with Crippen LogP contribution in [0.2, 0.25) is 0 Å². The van der Waals surface area contributed by atoms with Crippen molar-refractivity contribution in [2.45, 2.75) is 26.9 Å². The maximum Gasteiger partial charge on any atom is 0.265 e. The Morgan fingerprint density at radius 2 is 1.67 bits per heavy atom. The molecule has 1 unspecified atom stereocenters. The highest BCUT2D eigenvalue weighted by Crippen LogP contribution is 2.18. The molecule has 2 rings (SSSR count). The Kier molecular flexibility index (Phi) is 6.01. The number of carbonyl (C=O) groups excluding carboxylic acids is 1. The minimum absolute atomic E-state index is 0.203. The maximum absolute atomic E-state index is 12.2. The third kappa shape index (κ3) is 5.47. The van der Waals surface area contributed by atoms with Gasteiger partial charge in [-0.15, -0.1) is 0 Å². The summed E-state index contributed by atoms with van der Waals surface area (Å²) >= 11 is 0. The van der Waals surface area contributed by atoms with Crippen LogP contribution in [-0.2, 0) is 4.79 Å². The van der Waals surface area contributed by atoms with E-state index in [1.807, 2.05) is 50.2 Å². The van der Waals surface area contributed by atoms with Crippen LogP contribution in [0.15, 0.2) is 60.7 Å². The molecule has 126 valence electrons. The van der Waals surface area contributed by atoms with Crippen LogP contribution in [0.1, 0.15) is 19.4 Å². The van der Waals surface area contributed by atoms with Crippen molar-refractivity contribution in [3.05, 3.63) is 66.2 Å². The molecule has 2 aromatic carbocycles. The fraction of sp³-hybridized carbons (Fsp3) is 0.250. The van der Waals surface area contributed by atoms with Gasteiger partial charge < -0.3 is 14.8 Å². The molecular formula is C20H23NO3. The van der Waals surface area contributed by atoms with E-state index < -0.39 is 6.10 Å². The molecule has 0 bridgehead atoms. The largest absolute Gasteiger partial charge is 0.489 e. The maximum atomic E-state index is 12.2. The van der Waals surface area contributed by atoms with Gasteiger partial charge >= 0.3 is 0 Å². The van der Waals surface area contributed by atoms with Crippen LogP contribution in [0.4, 0.5) is 5.69 Å². The lowest BCUT2D eigenvalue weighted by molar-refractivity contribution is -0.122. The second-order valence-electron chi connectivity index (χ2n) is 5.83. The van der Waals surface area contributed by atoms with Crippen LogP contribution < -0.4 is 14.8 Å². The number of aryl methyl sites for hydroxylation is 1. The number of carbonyl (C=O) groups is 1. The van der Waals surface area contributed by atoms with Crippen molar-refractivity contribution >= 4 is 11.6 Å². The second kappa shape index (κ2) is 8.20. The fourth-order valence-corrected chi connectivity index (χ4v) is 1.96. The molecule has 1 amide bonds. The SMILES string of the molecule is C=C(C)COc1ccc(NC(=O)C(C)Oc2ccc(C)cc2)cc1. The number of nitrogens with one attached hydrogen (secondary N) is 1. The number of ether oxygens (including phenoxy) is 2. The quantitative estimate of drug-likeness (QED) is 0.770. The van der Waals surface area contributed by atoms with Crippen molar-refractivity contribution in [3.8, 4) is 11.5 Å². The first-order valence-electron chi connectivity index (χ1n) is 7.85. The smallest absolute Gasteiger partial charge is 0.265 e. The van der Waals surface area contributed by atoms with Gasteiger partial charge in [-0.1, -0.05) is 24.3 Å². The van der Waals surface area contributed by atoms with Crippen LogP contribution in [0.5, 0.6) is 11.5 Å². The standard InChI is InChI=1S/C20H23NO3/c1-14(2)13-23-18-11-7-17(8-12-18)21-20(22)16(4)24-19-9-5-15(3)6-10-19/h5-12,16H,1,13H2,2-4H3,(H,21,22). The third-order valence-electron chi connectivity index (χ3n) is 3.31. The lowest BCUT2D eigenvalue weighted by atomic mass is 10.2. The Balaban J connectivity index is 1.88. The van der Waals surface area contributed by atoms with Crippen LogP contribution >= 0.6 is 0 Å². The van der Waals surface area contributed by atoms with Crippen molar-refractivity contribution in [3.63, 3.8) is 0 Å². The highest BCUT2D eigenvalue weighted by Gasteiger charge is 2.14.